The van der Waals surface area contributed by atoms with Gasteiger partial charge in [-0.15, -0.1) is 11.8 Å². The summed E-state index contributed by atoms with van der Waals surface area (Å²) in [6.07, 6.45) is 1.82. The maximum atomic E-state index is 11.7. The average Bonchev–Trinajstić information content (AvgIpc) is 2.51. The molecule has 2 rings (SSSR count). The summed E-state index contributed by atoms with van der Waals surface area (Å²) in [6.45, 7) is 2.05. The smallest absolute Gasteiger partial charge is 0.240 e. The molecule has 1 amide bonds. The zero-order valence-corrected chi connectivity index (χ0v) is 13.1. The number of hydrazone groups is 1. The number of benzene rings is 2. The number of rotatable bonds is 6. The first-order valence-electron chi connectivity index (χ1n) is 6.94. The number of hydrogen-bond acceptors (Lipinski definition) is 4. The lowest BCUT2D eigenvalue weighted by Gasteiger charge is -2.02. The third kappa shape index (κ3) is 5.26. The van der Waals surface area contributed by atoms with Crippen LogP contribution in [0.5, 0.6) is 5.75 Å². The van der Waals surface area contributed by atoms with Gasteiger partial charge in [-0.1, -0.05) is 29.8 Å². The van der Waals surface area contributed by atoms with Gasteiger partial charge in [0.15, 0.2) is 0 Å². The van der Waals surface area contributed by atoms with E-state index in [0.717, 1.165) is 4.90 Å². The van der Waals surface area contributed by atoms with Crippen LogP contribution in [0.3, 0.4) is 0 Å². The fourth-order valence-electron chi connectivity index (χ4n) is 1.72. The van der Waals surface area contributed by atoms with Crippen molar-refractivity contribution < 1.29 is 9.90 Å². The molecule has 2 aromatic rings. The van der Waals surface area contributed by atoms with E-state index in [2.05, 4.69) is 22.7 Å². The summed E-state index contributed by atoms with van der Waals surface area (Å²) in [4.78, 5) is 12.8. The van der Waals surface area contributed by atoms with Crippen molar-refractivity contribution in [2.45, 2.75) is 18.2 Å². The summed E-state index contributed by atoms with van der Waals surface area (Å²) in [7, 11) is 0. The Bertz CT molecular complexity index is 654. The van der Waals surface area contributed by atoms with E-state index < -0.39 is 0 Å². The van der Waals surface area contributed by atoms with Crippen molar-refractivity contribution in [2.24, 2.45) is 5.10 Å². The molecule has 0 bridgehead atoms. The Morgan fingerprint density at radius 3 is 2.68 bits per heavy atom. The molecular weight excluding hydrogens is 296 g/mol. The van der Waals surface area contributed by atoms with Crippen molar-refractivity contribution in [2.75, 3.05) is 5.75 Å². The van der Waals surface area contributed by atoms with Crippen LogP contribution in [-0.4, -0.2) is 23.0 Å². The van der Waals surface area contributed by atoms with Gasteiger partial charge in [0, 0.05) is 22.6 Å². The first-order chi connectivity index (χ1) is 10.6. The van der Waals surface area contributed by atoms with Crippen LogP contribution in [0, 0.1) is 6.92 Å². The molecule has 0 aliphatic carbocycles. The fraction of sp³-hybridized carbons (Fsp3) is 0.176. The molecule has 0 atom stereocenters. The summed E-state index contributed by atoms with van der Waals surface area (Å²) in [5.74, 6) is 0.683. The molecule has 0 aliphatic heterocycles. The Hall–Kier alpha value is -2.27. The average molecular weight is 314 g/mol. The standard InChI is InChI=1S/C17H18N2O2S/c1-13-6-8-15(9-7-13)22-11-10-17(21)19-18-12-14-4-2-3-5-16(14)20/h2-9,12,20H,10-11H2,1H3,(H,19,21)/b18-12-. The van der Waals surface area contributed by atoms with E-state index in [9.17, 15) is 9.90 Å². The van der Waals surface area contributed by atoms with Crippen molar-refractivity contribution in [3.05, 3.63) is 59.7 Å². The predicted molar refractivity (Wildman–Crippen MR) is 90.4 cm³/mol. The number of carbonyl (C=O) groups is 1. The monoisotopic (exact) mass is 314 g/mol. The highest BCUT2D eigenvalue weighted by Gasteiger charge is 2.01. The number of aromatic hydroxyl groups is 1. The molecule has 22 heavy (non-hydrogen) atoms. The second kappa shape index (κ2) is 8.24. The van der Waals surface area contributed by atoms with Crippen LogP contribution in [-0.2, 0) is 4.79 Å². The highest BCUT2D eigenvalue weighted by molar-refractivity contribution is 7.99. The van der Waals surface area contributed by atoms with Gasteiger partial charge in [-0.25, -0.2) is 5.43 Å². The molecule has 0 radical (unpaired) electrons. The second-order valence-corrected chi connectivity index (χ2v) is 5.93. The number of hydrogen-bond donors (Lipinski definition) is 2. The minimum atomic E-state index is -0.147. The highest BCUT2D eigenvalue weighted by Crippen LogP contribution is 2.18. The van der Waals surface area contributed by atoms with Crippen molar-refractivity contribution in [3.8, 4) is 5.75 Å². The third-order valence-electron chi connectivity index (χ3n) is 2.95. The number of amides is 1. The Labute approximate surface area is 134 Å². The molecule has 0 saturated heterocycles. The van der Waals surface area contributed by atoms with E-state index in [1.807, 2.05) is 19.1 Å². The molecule has 5 heteroatoms. The maximum absolute atomic E-state index is 11.7. The number of aryl methyl sites for hydroxylation is 1. The van der Waals surface area contributed by atoms with E-state index in [0.29, 0.717) is 17.7 Å². The normalized spacial score (nSPS) is 10.8. The number of carbonyl (C=O) groups excluding carboxylic acids is 1. The molecule has 0 aromatic heterocycles. The molecule has 0 unspecified atom stereocenters. The first-order valence-corrected chi connectivity index (χ1v) is 7.93. The van der Waals surface area contributed by atoms with Crippen LogP contribution in [0.2, 0.25) is 0 Å². The Balaban J connectivity index is 1.72. The minimum absolute atomic E-state index is 0.135. The quantitative estimate of drug-likeness (QED) is 0.488. The minimum Gasteiger partial charge on any atom is -0.507 e. The summed E-state index contributed by atoms with van der Waals surface area (Å²) < 4.78 is 0. The summed E-state index contributed by atoms with van der Waals surface area (Å²) in [5, 5.41) is 13.4. The predicted octanol–water partition coefficient (Wildman–Crippen LogP) is 3.33. The lowest BCUT2D eigenvalue weighted by atomic mass is 10.2. The molecule has 0 aliphatic rings. The molecule has 0 saturated carbocycles. The second-order valence-electron chi connectivity index (χ2n) is 4.76. The Kier molecular flexibility index (Phi) is 6.03. The van der Waals surface area contributed by atoms with E-state index in [4.69, 9.17) is 0 Å². The van der Waals surface area contributed by atoms with Crippen molar-refractivity contribution in [1.29, 1.82) is 0 Å². The van der Waals surface area contributed by atoms with Crippen LogP contribution < -0.4 is 5.43 Å². The van der Waals surface area contributed by atoms with Gasteiger partial charge in [-0.2, -0.15) is 5.10 Å². The highest BCUT2D eigenvalue weighted by atomic mass is 32.2. The third-order valence-corrected chi connectivity index (χ3v) is 3.96. The van der Waals surface area contributed by atoms with E-state index >= 15 is 0 Å². The van der Waals surface area contributed by atoms with Gasteiger partial charge in [0.25, 0.3) is 0 Å². The van der Waals surface area contributed by atoms with Crippen LogP contribution in [0.4, 0.5) is 0 Å². The molecule has 114 valence electrons. The SMILES string of the molecule is Cc1ccc(SCCC(=O)N/N=C\c2ccccc2O)cc1. The zero-order valence-electron chi connectivity index (χ0n) is 12.3. The van der Waals surface area contributed by atoms with Crippen LogP contribution in [0.15, 0.2) is 58.5 Å². The summed E-state index contributed by atoms with van der Waals surface area (Å²) in [5.41, 5.74) is 4.25. The van der Waals surface area contributed by atoms with Crippen molar-refractivity contribution in [3.63, 3.8) is 0 Å². The number of nitrogens with zero attached hydrogens (tertiary/aromatic N) is 1. The molecule has 4 nitrogen and oxygen atoms in total. The number of nitrogens with one attached hydrogen (secondary N) is 1. The van der Waals surface area contributed by atoms with E-state index in [1.165, 1.54) is 11.8 Å². The lowest BCUT2D eigenvalue weighted by molar-refractivity contribution is -0.120. The molecule has 2 aromatic carbocycles. The Morgan fingerprint density at radius 1 is 1.23 bits per heavy atom. The van der Waals surface area contributed by atoms with Gasteiger partial charge < -0.3 is 5.11 Å². The van der Waals surface area contributed by atoms with Gasteiger partial charge in [-0.05, 0) is 31.2 Å². The van der Waals surface area contributed by atoms with Gasteiger partial charge in [0.2, 0.25) is 5.91 Å². The topological polar surface area (TPSA) is 61.7 Å². The van der Waals surface area contributed by atoms with Crippen LogP contribution in [0.1, 0.15) is 17.5 Å². The van der Waals surface area contributed by atoms with E-state index in [-0.39, 0.29) is 11.7 Å². The Morgan fingerprint density at radius 2 is 1.95 bits per heavy atom. The van der Waals surface area contributed by atoms with Crippen LogP contribution >= 0.6 is 11.8 Å². The van der Waals surface area contributed by atoms with Crippen LogP contribution in [0.25, 0.3) is 0 Å². The summed E-state index contributed by atoms with van der Waals surface area (Å²) >= 11 is 1.64. The maximum Gasteiger partial charge on any atom is 0.240 e. The molecular formula is C17H18N2O2S. The van der Waals surface area contributed by atoms with E-state index in [1.54, 1.807) is 36.0 Å². The number of thioether (sulfide) groups is 1. The van der Waals surface area contributed by atoms with Crippen molar-refractivity contribution in [1.82, 2.24) is 5.43 Å². The lowest BCUT2D eigenvalue weighted by Crippen LogP contribution is -2.17. The van der Waals surface area contributed by atoms with Gasteiger partial charge >= 0.3 is 0 Å². The zero-order chi connectivity index (χ0) is 15.8. The number of phenols is 1. The summed E-state index contributed by atoms with van der Waals surface area (Å²) in [6, 6.07) is 15.0. The number of phenolic OH excluding ortho intramolecular Hbond substituents is 1. The first kappa shape index (κ1) is 16.1. The molecule has 0 spiro atoms. The largest absolute Gasteiger partial charge is 0.507 e. The van der Waals surface area contributed by atoms with Crippen molar-refractivity contribution >= 4 is 23.9 Å². The number of para-hydroxylation sites is 1. The molecule has 0 heterocycles. The van der Waals surface area contributed by atoms with Gasteiger partial charge in [0.05, 0.1) is 6.21 Å². The van der Waals surface area contributed by atoms with Gasteiger partial charge in [0.1, 0.15) is 5.75 Å². The van der Waals surface area contributed by atoms with Gasteiger partial charge in [-0.3, -0.25) is 4.79 Å². The fourth-order valence-corrected chi connectivity index (χ4v) is 2.57. The molecule has 2 N–H and O–H groups in total. The molecule has 0 fully saturated rings.